The molecule has 0 bridgehead atoms. The lowest BCUT2D eigenvalue weighted by Gasteiger charge is -2.18. The standard InChI is InChI=1S/C28H26N8O2/c1-17-9-10-22(11-18(17)2)34-15-20(13-25(34)37)28(38)32-24-12-19(3)33-36(24)27-23-14-31-35(26(23)29-16-30-27)21-7-5-4-6-8-21/h4-12,14,16,20H,13,15H2,1-3H3,(H,32,38). The lowest BCUT2D eigenvalue weighted by atomic mass is 10.1. The molecule has 1 saturated heterocycles. The van der Waals surface area contributed by atoms with Crippen LogP contribution in [0.1, 0.15) is 23.2 Å². The van der Waals surface area contributed by atoms with E-state index in [1.165, 1.54) is 6.33 Å². The van der Waals surface area contributed by atoms with Crippen LogP contribution in [0.4, 0.5) is 11.5 Å². The minimum Gasteiger partial charge on any atom is -0.312 e. The molecule has 5 aromatic rings. The number of nitrogens with one attached hydrogen (secondary N) is 1. The maximum Gasteiger partial charge on any atom is 0.230 e. The molecular weight excluding hydrogens is 480 g/mol. The molecule has 190 valence electrons. The summed E-state index contributed by atoms with van der Waals surface area (Å²) in [5.41, 5.74) is 5.28. The number of aryl methyl sites for hydroxylation is 3. The molecule has 1 aliphatic heterocycles. The van der Waals surface area contributed by atoms with Crippen molar-refractivity contribution in [2.24, 2.45) is 5.92 Å². The number of hydrogen-bond donors (Lipinski definition) is 1. The molecule has 1 N–H and O–H groups in total. The Morgan fingerprint density at radius 2 is 1.76 bits per heavy atom. The highest BCUT2D eigenvalue weighted by Gasteiger charge is 2.35. The summed E-state index contributed by atoms with van der Waals surface area (Å²) in [5, 5.41) is 12.8. The highest BCUT2D eigenvalue weighted by Crippen LogP contribution is 2.29. The highest BCUT2D eigenvalue weighted by atomic mass is 16.2. The van der Waals surface area contributed by atoms with E-state index in [1.54, 1.807) is 26.5 Å². The van der Waals surface area contributed by atoms with Gasteiger partial charge in [0.15, 0.2) is 11.5 Å². The van der Waals surface area contributed by atoms with E-state index >= 15 is 0 Å². The van der Waals surface area contributed by atoms with E-state index in [2.05, 4.69) is 25.5 Å². The molecule has 0 aliphatic carbocycles. The minimum atomic E-state index is -0.487. The first kappa shape index (κ1) is 23.5. The molecule has 2 amide bonds. The first-order chi connectivity index (χ1) is 18.4. The number of fused-ring (bicyclic) bond motifs is 1. The maximum atomic E-state index is 13.3. The molecule has 10 heteroatoms. The number of anilines is 2. The van der Waals surface area contributed by atoms with Gasteiger partial charge < -0.3 is 10.2 Å². The Balaban J connectivity index is 1.28. The van der Waals surface area contributed by atoms with Crippen molar-refractivity contribution in [1.29, 1.82) is 0 Å². The van der Waals surface area contributed by atoms with Crippen LogP contribution in [0.25, 0.3) is 22.5 Å². The number of para-hydroxylation sites is 1. The van der Waals surface area contributed by atoms with E-state index in [-0.39, 0.29) is 18.2 Å². The molecule has 1 atom stereocenters. The molecule has 0 saturated carbocycles. The van der Waals surface area contributed by atoms with Crippen LogP contribution in [-0.4, -0.2) is 47.9 Å². The summed E-state index contributed by atoms with van der Waals surface area (Å²) < 4.78 is 3.33. The van der Waals surface area contributed by atoms with Crippen molar-refractivity contribution in [2.45, 2.75) is 27.2 Å². The Labute approximate surface area is 218 Å². The van der Waals surface area contributed by atoms with Crippen molar-refractivity contribution in [3.05, 3.63) is 83.9 Å². The van der Waals surface area contributed by atoms with Crippen molar-refractivity contribution in [3.8, 4) is 11.5 Å². The first-order valence-electron chi connectivity index (χ1n) is 12.4. The summed E-state index contributed by atoms with van der Waals surface area (Å²) in [7, 11) is 0. The largest absolute Gasteiger partial charge is 0.312 e. The fourth-order valence-electron chi connectivity index (χ4n) is 4.76. The van der Waals surface area contributed by atoms with Gasteiger partial charge in [0.2, 0.25) is 11.8 Å². The second kappa shape index (κ2) is 9.22. The van der Waals surface area contributed by atoms with E-state index < -0.39 is 5.92 Å². The Kier molecular flexibility index (Phi) is 5.71. The lowest BCUT2D eigenvalue weighted by molar-refractivity contribution is -0.122. The fourth-order valence-corrected chi connectivity index (χ4v) is 4.76. The Morgan fingerprint density at radius 3 is 2.55 bits per heavy atom. The molecule has 1 unspecified atom stereocenters. The molecule has 0 radical (unpaired) electrons. The normalized spacial score (nSPS) is 15.4. The van der Waals surface area contributed by atoms with Crippen LogP contribution >= 0.6 is 0 Å². The molecule has 38 heavy (non-hydrogen) atoms. The molecule has 4 heterocycles. The topological polar surface area (TPSA) is 111 Å². The van der Waals surface area contributed by atoms with Crippen LogP contribution in [0.3, 0.4) is 0 Å². The molecule has 0 spiro atoms. The molecule has 6 rings (SSSR count). The van der Waals surface area contributed by atoms with Gasteiger partial charge >= 0.3 is 0 Å². The summed E-state index contributed by atoms with van der Waals surface area (Å²) in [6, 6.07) is 17.4. The average Bonchev–Trinajstić information content (AvgIpc) is 3.62. The van der Waals surface area contributed by atoms with Gasteiger partial charge in [-0.25, -0.2) is 14.6 Å². The third kappa shape index (κ3) is 4.09. The lowest BCUT2D eigenvalue weighted by Crippen LogP contribution is -2.28. The number of hydrogen-bond acceptors (Lipinski definition) is 6. The molecular formula is C28H26N8O2. The summed E-state index contributed by atoms with van der Waals surface area (Å²) in [4.78, 5) is 36.7. The number of rotatable bonds is 5. The predicted molar refractivity (Wildman–Crippen MR) is 144 cm³/mol. The zero-order valence-corrected chi connectivity index (χ0v) is 21.3. The van der Waals surface area contributed by atoms with E-state index in [0.717, 1.165) is 22.5 Å². The van der Waals surface area contributed by atoms with Gasteiger partial charge in [0, 0.05) is 24.7 Å². The van der Waals surface area contributed by atoms with Gasteiger partial charge in [0.1, 0.15) is 12.1 Å². The molecule has 2 aromatic carbocycles. The van der Waals surface area contributed by atoms with E-state index in [9.17, 15) is 9.59 Å². The van der Waals surface area contributed by atoms with Crippen LogP contribution in [0.15, 0.2) is 67.1 Å². The summed E-state index contributed by atoms with van der Waals surface area (Å²) >= 11 is 0. The quantitative estimate of drug-likeness (QED) is 0.387. The molecule has 3 aromatic heterocycles. The summed E-state index contributed by atoms with van der Waals surface area (Å²) in [5.74, 6) is 0.177. The van der Waals surface area contributed by atoms with Crippen molar-refractivity contribution in [1.82, 2.24) is 29.5 Å². The van der Waals surface area contributed by atoms with Gasteiger partial charge in [-0.1, -0.05) is 24.3 Å². The van der Waals surface area contributed by atoms with Crippen LogP contribution in [0.5, 0.6) is 0 Å². The minimum absolute atomic E-state index is 0.0658. The number of aromatic nitrogens is 6. The van der Waals surface area contributed by atoms with E-state index in [1.807, 2.05) is 69.3 Å². The van der Waals surface area contributed by atoms with Crippen molar-refractivity contribution >= 4 is 34.4 Å². The van der Waals surface area contributed by atoms with Gasteiger partial charge in [0.25, 0.3) is 0 Å². The van der Waals surface area contributed by atoms with E-state index in [4.69, 9.17) is 0 Å². The molecule has 1 aliphatic rings. The van der Waals surface area contributed by atoms with Gasteiger partial charge in [0.05, 0.1) is 28.9 Å². The second-order valence-electron chi connectivity index (χ2n) is 9.57. The van der Waals surface area contributed by atoms with Crippen molar-refractivity contribution in [2.75, 3.05) is 16.8 Å². The van der Waals surface area contributed by atoms with Gasteiger partial charge in [-0.3, -0.25) is 9.59 Å². The monoisotopic (exact) mass is 506 g/mol. The maximum absolute atomic E-state index is 13.3. The second-order valence-corrected chi connectivity index (χ2v) is 9.57. The Morgan fingerprint density at radius 1 is 0.947 bits per heavy atom. The van der Waals surface area contributed by atoms with Crippen molar-refractivity contribution in [3.63, 3.8) is 0 Å². The Hall–Kier alpha value is -4.86. The zero-order valence-electron chi connectivity index (χ0n) is 21.3. The van der Waals surface area contributed by atoms with Crippen LogP contribution in [0, 0.1) is 26.7 Å². The zero-order chi connectivity index (χ0) is 26.4. The third-order valence-electron chi connectivity index (χ3n) is 6.93. The number of benzene rings is 2. The smallest absolute Gasteiger partial charge is 0.230 e. The average molecular weight is 507 g/mol. The van der Waals surface area contributed by atoms with Crippen LogP contribution in [0.2, 0.25) is 0 Å². The number of carbonyl (C=O) groups excluding carboxylic acids is 2. The Bertz CT molecular complexity index is 1690. The number of amides is 2. The summed E-state index contributed by atoms with van der Waals surface area (Å²) in [6.07, 6.45) is 3.29. The van der Waals surface area contributed by atoms with Crippen LogP contribution < -0.4 is 10.2 Å². The third-order valence-corrected chi connectivity index (χ3v) is 6.93. The predicted octanol–water partition coefficient (Wildman–Crippen LogP) is 3.92. The molecule has 10 nitrogen and oxygen atoms in total. The number of carbonyl (C=O) groups is 2. The molecule has 1 fully saturated rings. The summed E-state index contributed by atoms with van der Waals surface area (Å²) in [6.45, 7) is 6.21. The SMILES string of the molecule is Cc1cc(NC(=O)C2CC(=O)N(c3ccc(C)c(C)c3)C2)n(-c2ncnc3c2cnn3-c2ccccc2)n1. The van der Waals surface area contributed by atoms with Crippen molar-refractivity contribution < 1.29 is 9.59 Å². The first-order valence-corrected chi connectivity index (χ1v) is 12.4. The van der Waals surface area contributed by atoms with Gasteiger partial charge in [-0.2, -0.15) is 14.9 Å². The fraction of sp³-hybridized carbons (Fsp3) is 0.214. The van der Waals surface area contributed by atoms with Gasteiger partial charge in [-0.15, -0.1) is 0 Å². The van der Waals surface area contributed by atoms with Crippen LogP contribution in [-0.2, 0) is 9.59 Å². The van der Waals surface area contributed by atoms with E-state index in [0.29, 0.717) is 34.9 Å². The number of nitrogens with zero attached hydrogens (tertiary/aromatic N) is 7. The van der Waals surface area contributed by atoms with Gasteiger partial charge in [-0.05, 0) is 56.2 Å². The highest BCUT2D eigenvalue weighted by molar-refractivity contribution is 6.03.